The van der Waals surface area contributed by atoms with Gasteiger partial charge in [0, 0.05) is 6.61 Å². The maximum Gasteiger partial charge on any atom is 0.146 e. The first-order chi connectivity index (χ1) is 8.26. The van der Waals surface area contributed by atoms with Gasteiger partial charge < -0.3 is 10.1 Å². The van der Waals surface area contributed by atoms with Crippen molar-refractivity contribution < 1.29 is 4.74 Å². The molecule has 1 saturated heterocycles. The molecule has 1 fully saturated rings. The van der Waals surface area contributed by atoms with Crippen LogP contribution >= 0.6 is 11.3 Å². The lowest BCUT2D eigenvalue weighted by Gasteiger charge is -2.12. The van der Waals surface area contributed by atoms with Crippen LogP contribution in [0.1, 0.15) is 55.8 Å². The number of nitrogens with zero attached hydrogens (tertiary/aromatic N) is 2. The molecule has 0 saturated carbocycles. The zero-order chi connectivity index (χ0) is 12.3. The van der Waals surface area contributed by atoms with Crippen LogP contribution in [-0.4, -0.2) is 23.3 Å². The van der Waals surface area contributed by atoms with E-state index < -0.39 is 0 Å². The summed E-state index contributed by atoms with van der Waals surface area (Å²) in [5.74, 6) is 0.565. The fourth-order valence-electron chi connectivity index (χ4n) is 2.17. The lowest BCUT2D eigenvalue weighted by atomic mass is 10.1. The first-order valence-electron chi connectivity index (χ1n) is 6.44. The number of rotatable bonds is 5. The molecule has 3 atom stereocenters. The summed E-state index contributed by atoms with van der Waals surface area (Å²) in [6, 6.07) is 0.336. The van der Waals surface area contributed by atoms with Crippen molar-refractivity contribution >= 4 is 11.3 Å². The summed E-state index contributed by atoms with van der Waals surface area (Å²) in [5, 5.41) is 14.2. The zero-order valence-corrected chi connectivity index (χ0v) is 11.6. The van der Waals surface area contributed by atoms with Gasteiger partial charge in [0.15, 0.2) is 0 Å². The van der Waals surface area contributed by atoms with Crippen molar-refractivity contribution in [2.45, 2.75) is 45.8 Å². The molecule has 1 aromatic rings. The second-order valence-electron chi connectivity index (χ2n) is 4.55. The van der Waals surface area contributed by atoms with Gasteiger partial charge >= 0.3 is 0 Å². The van der Waals surface area contributed by atoms with Gasteiger partial charge in [0.25, 0.3) is 0 Å². The van der Waals surface area contributed by atoms with E-state index in [1.165, 1.54) is 0 Å². The van der Waals surface area contributed by atoms with Crippen molar-refractivity contribution in [3.8, 4) is 0 Å². The Morgan fingerprint density at radius 2 is 2.29 bits per heavy atom. The predicted octanol–water partition coefficient (Wildman–Crippen LogP) is 2.70. The zero-order valence-electron chi connectivity index (χ0n) is 10.8. The van der Waals surface area contributed by atoms with Crippen LogP contribution in [0.15, 0.2) is 0 Å². The van der Waals surface area contributed by atoms with Gasteiger partial charge in [-0.1, -0.05) is 32.1 Å². The van der Waals surface area contributed by atoms with Crippen molar-refractivity contribution in [2.24, 2.45) is 5.92 Å². The Labute approximate surface area is 107 Å². The first-order valence-corrected chi connectivity index (χ1v) is 7.26. The van der Waals surface area contributed by atoms with Gasteiger partial charge in [0.05, 0.1) is 6.04 Å². The van der Waals surface area contributed by atoms with Gasteiger partial charge in [-0.2, -0.15) is 0 Å². The Morgan fingerprint density at radius 3 is 2.88 bits per heavy atom. The molecule has 4 nitrogen and oxygen atoms in total. The van der Waals surface area contributed by atoms with Gasteiger partial charge in [-0.05, 0) is 25.3 Å². The molecule has 0 bridgehead atoms. The fourth-order valence-corrected chi connectivity index (χ4v) is 3.35. The number of ether oxygens (including phenoxy) is 1. The van der Waals surface area contributed by atoms with Crippen LogP contribution in [-0.2, 0) is 4.74 Å². The summed E-state index contributed by atoms with van der Waals surface area (Å²) in [7, 11) is 0. The molecule has 2 rings (SSSR count). The molecule has 0 radical (unpaired) electrons. The summed E-state index contributed by atoms with van der Waals surface area (Å²) in [5.41, 5.74) is 0. The van der Waals surface area contributed by atoms with Gasteiger partial charge in [0.2, 0.25) is 0 Å². The maximum atomic E-state index is 5.73. The number of hydrogen-bond acceptors (Lipinski definition) is 5. The van der Waals surface area contributed by atoms with Crippen LogP contribution in [0.4, 0.5) is 0 Å². The molecule has 1 N–H and O–H groups in total. The van der Waals surface area contributed by atoms with Crippen molar-refractivity contribution in [3.63, 3.8) is 0 Å². The quantitative estimate of drug-likeness (QED) is 0.878. The average molecular weight is 255 g/mol. The molecular weight excluding hydrogens is 234 g/mol. The lowest BCUT2D eigenvalue weighted by Crippen LogP contribution is -2.19. The minimum Gasteiger partial charge on any atom is -0.371 e. The van der Waals surface area contributed by atoms with Crippen LogP contribution in [0, 0.1) is 5.92 Å². The van der Waals surface area contributed by atoms with Crippen LogP contribution in [0.5, 0.6) is 0 Å². The number of hydrogen-bond donors (Lipinski definition) is 1. The molecule has 1 aliphatic heterocycles. The highest BCUT2D eigenvalue weighted by Gasteiger charge is 2.29. The molecule has 96 valence electrons. The lowest BCUT2D eigenvalue weighted by molar-refractivity contribution is 0.0937. The molecule has 1 aliphatic rings. The Balaban J connectivity index is 2.09. The molecule has 3 unspecified atom stereocenters. The van der Waals surface area contributed by atoms with Crippen molar-refractivity contribution in [3.05, 3.63) is 10.0 Å². The Kier molecular flexibility index (Phi) is 4.48. The standard InChI is InChI=1S/C12H21N3OS/c1-4-9(13-5-2)11-14-15-12(17-11)10-8(3)6-7-16-10/h8-10,13H,4-7H2,1-3H3. The van der Waals surface area contributed by atoms with E-state index in [2.05, 4.69) is 36.3 Å². The summed E-state index contributed by atoms with van der Waals surface area (Å²) < 4.78 is 5.73. The minimum absolute atomic E-state index is 0.167. The van der Waals surface area contributed by atoms with E-state index in [9.17, 15) is 0 Å². The topological polar surface area (TPSA) is 47.0 Å². The Hall–Kier alpha value is -0.520. The highest BCUT2D eigenvalue weighted by molar-refractivity contribution is 7.11. The highest BCUT2D eigenvalue weighted by atomic mass is 32.1. The molecule has 0 spiro atoms. The maximum absolute atomic E-state index is 5.73. The molecule has 5 heteroatoms. The molecule has 17 heavy (non-hydrogen) atoms. The predicted molar refractivity (Wildman–Crippen MR) is 69.1 cm³/mol. The third kappa shape index (κ3) is 2.84. The van der Waals surface area contributed by atoms with Crippen LogP contribution in [0.25, 0.3) is 0 Å². The van der Waals surface area contributed by atoms with E-state index in [-0.39, 0.29) is 6.10 Å². The van der Waals surface area contributed by atoms with Crippen molar-refractivity contribution in [1.82, 2.24) is 15.5 Å². The Morgan fingerprint density at radius 1 is 1.47 bits per heavy atom. The third-order valence-corrected chi connectivity index (χ3v) is 4.34. The van der Waals surface area contributed by atoms with Gasteiger partial charge in [0.1, 0.15) is 16.1 Å². The largest absolute Gasteiger partial charge is 0.371 e. The Bertz CT molecular complexity index is 355. The summed E-state index contributed by atoms with van der Waals surface area (Å²) >= 11 is 1.70. The van der Waals surface area contributed by atoms with Crippen molar-refractivity contribution in [2.75, 3.05) is 13.2 Å². The normalized spacial score (nSPS) is 26.3. The fraction of sp³-hybridized carbons (Fsp3) is 0.833. The van der Waals surface area contributed by atoms with E-state index in [1.54, 1.807) is 11.3 Å². The van der Waals surface area contributed by atoms with E-state index >= 15 is 0 Å². The molecular formula is C12H21N3OS. The number of aromatic nitrogens is 2. The van der Waals surface area contributed by atoms with Gasteiger partial charge in [-0.15, -0.1) is 10.2 Å². The summed E-state index contributed by atoms with van der Waals surface area (Å²) in [6.07, 6.45) is 2.34. The molecule has 2 heterocycles. The second-order valence-corrected chi connectivity index (χ2v) is 5.60. The first kappa shape index (κ1) is 12.9. The summed E-state index contributed by atoms with van der Waals surface area (Å²) in [4.78, 5) is 0. The van der Waals surface area contributed by atoms with Crippen LogP contribution < -0.4 is 5.32 Å². The third-order valence-electron chi connectivity index (χ3n) is 3.24. The monoisotopic (exact) mass is 255 g/mol. The highest BCUT2D eigenvalue weighted by Crippen LogP contribution is 2.36. The molecule has 0 aliphatic carbocycles. The SMILES string of the molecule is CCNC(CC)c1nnc(C2OCCC2C)s1. The van der Waals surface area contributed by atoms with Crippen LogP contribution in [0.3, 0.4) is 0 Å². The molecule has 1 aromatic heterocycles. The van der Waals surface area contributed by atoms with Gasteiger partial charge in [-0.25, -0.2) is 0 Å². The number of nitrogens with one attached hydrogen (secondary N) is 1. The average Bonchev–Trinajstić information content (AvgIpc) is 2.94. The van der Waals surface area contributed by atoms with E-state index in [0.29, 0.717) is 12.0 Å². The molecule has 0 amide bonds. The van der Waals surface area contributed by atoms with E-state index in [1.807, 2.05) is 0 Å². The molecule has 0 aromatic carbocycles. The summed E-state index contributed by atoms with van der Waals surface area (Å²) in [6.45, 7) is 8.32. The van der Waals surface area contributed by atoms with E-state index in [4.69, 9.17) is 4.74 Å². The minimum atomic E-state index is 0.167. The van der Waals surface area contributed by atoms with Crippen LogP contribution in [0.2, 0.25) is 0 Å². The van der Waals surface area contributed by atoms with Crippen molar-refractivity contribution in [1.29, 1.82) is 0 Å². The van der Waals surface area contributed by atoms with E-state index in [0.717, 1.165) is 36.0 Å². The van der Waals surface area contributed by atoms with Gasteiger partial charge in [-0.3, -0.25) is 0 Å². The second kappa shape index (κ2) is 5.89. The smallest absolute Gasteiger partial charge is 0.146 e.